The van der Waals surface area contributed by atoms with E-state index in [-0.39, 0.29) is 5.91 Å². The van der Waals surface area contributed by atoms with Crippen molar-refractivity contribution >= 4 is 23.5 Å². The summed E-state index contributed by atoms with van der Waals surface area (Å²) in [6.45, 7) is 0. The molecule has 2 atom stereocenters. The highest BCUT2D eigenvalue weighted by atomic mass is 35.5. The highest BCUT2D eigenvalue weighted by molar-refractivity contribution is 6.31. The summed E-state index contributed by atoms with van der Waals surface area (Å²) in [5, 5.41) is 10.3. The molecule has 0 radical (unpaired) electrons. The number of para-hydroxylation sites is 1. The Bertz CT molecular complexity index is 1190. The van der Waals surface area contributed by atoms with Gasteiger partial charge in [-0.2, -0.15) is 0 Å². The summed E-state index contributed by atoms with van der Waals surface area (Å²) in [7, 11) is 3.13. The van der Waals surface area contributed by atoms with Crippen molar-refractivity contribution in [3.8, 4) is 22.6 Å². The number of nitrogens with zero attached hydrogens (tertiary/aromatic N) is 1. The molecule has 0 aromatic heterocycles. The van der Waals surface area contributed by atoms with E-state index in [1.165, 1.54) is 12.0 Å². The van der Waals surface area contributed by atoms with Gasteiger partial charge in [-0.05, 0) is 48.7 Å². The smallest absolute Gasteiger partial charge is 0.326 e. The van der Waals surface area contributed by atoms with Crippen molar-refractivity contribution in [3.05, 3.63) is 82.9 Å². The third kappa shape index (κ3) is 4.26. The van der Waals surface area contributed by atoms with Gasteiger partial charge < -0.3 is 19.5 Å². The molecule has 1 N–H and O–H groups in total. The fourth-order valence-electron chi connectivity index (χ4n) is 4.45. The molecule has 0 aliphatic carbocycles. The van der Waals surface area contributed by atoms with Gasteiger partial charge in [-0.25, -0.2) is 4.79 Å². The average Bonchev–Trinajstić information content (AvgIpc) is 3.28. The predicted octanol–water partition coefficient (Wildman–Crippen LogP) is 5.45. The molecule has 170 valence electrons. The van der Waals surface area contributed by atoms with Gasteiger partial charge in [-0.1, -0.05) is 48.0 Å². The van der Waals surface area contributed by atoms with Crippen molar-refractivity contribution < 1.29 is 24.2 Å². The maximum Gasteiger partial charge on any atom is 0.326 e. The van der Waals surface area contributed by atoms with E-state index < -0.39 is 18.1 Å². The molecule has 6 nitrogen and oxygen atoms in total. The summed E-state index contributed by atoms with van der Waals surface area (Å²) in [5.74, 6) is -0.241. The van der Waals surface area contributed by atoms with Crippen LogP contribution < -0.4 is 9.47 Å². The fourth-order valence-corrected chi connectivity index (χ4v) is 4.71. The third-order valence-electron chi connectivity index (χ3n) is 6.01. The van der Waals surface area contributed by atoms with E-state index in [1.54, 1.807) is 31.4 Å². The van der Waals surface area contributed by atoms with Crippen LogP contribution in [0.2, 0.25) is 5.02 Å². The number of likely N-dealkylation sites (tertiary alicyclic amines) is 1. The van der Waals surface area contributed by atoms with E-state index in [4.69, 9.17) is 21.1 Å². The first-order valence-electron chi connectivity index (χ1n) is 10.6. The zero-order chi connectivity index (χ0) is 23.5. The lowest BCUT2D eigenvalue weighted by Crippen LogP contribution is -2.41. The number of carboxylic acid groups (broad SMARTS) is 1. The molecule has 4 rings (SSSR count). The standard InChI is InChI=1S/C26H24ClNO5/c1-32-23-10-6-4-7-17(23)18-12-11-16(15-24(18)33-2)25(29)28-21(13-14-22(28)26(30)31)19-8-3-5-9-20(19)27/h3-12,15,21-22H,13-14H2,1-2H3,(H,30,31)/t21-,22+/m1/s1. The Kier molecular flexibility index (Phi) is 6.56. The lowest BCUT2D eigenvalue weighted by molar-refractivity contribution is -0.141. The number of amides is 1. The van der Waals surface area contributed by atoms with Crippen LogP contribution in [-0.2, 0) is 4.79 Å². The number of benzene rings is 3. The normalized spacial score (nSPS) is 17.6. The van der Waals surface area contributed by atoms with Crippen LogP contribution in [0.15, 0.2) is 66.7 Å². The molecule has 1 amide bonds. The molecule has 1 fully saturated rings. The van der Waals surface area contributed by atoms with Crippen LogP contribution in [0.3, 0.4) is 0 Å². The van der Waals surface area contributed by atoms with Gasteiger partial charge in [0.2, 0.25) is 0 Å². The van der Waals surface area contributed by atoms with Crippen molar-refractivity contribution in [2.75, 3.05) is 14.2 Å². The summed E-state index contributed by atoms with van der Waals surface area (Å²) < 4.78 is 11.1. The average molecular weight is 466 g/mol. The Labute approximate surface area is 197 Å². The lowest BCUT2D eigenvalue weighted by Gasteiger charge is -2.29. The van der Waals surface area contributed by atoms with Crippen LogP contribution in [0.1, 0.15) is 34.8 Å². The van der Waals surface area contributed by atoms with E-state index in [0.29, 0.717) is 34.9 Å². The Morgan fingerprint density at radius 1 is 0.909 bits per heavy atom. The molecule has 0 spiro atoms. The number of halogens is 1. The van der Waals surface area contributed by atoms with Crippen molar-refractivity contribution in [2.45, 2.75) is 24.9 Å². The Morgan fingerprint density at radius 3 is 2.27 bits per heavy atom. The Hall–Kier alpha value is -3.51. The number of carboxylic acids is 1. The number of carbonyl (C=O) groups excluding carboxylic acids is 1. The minimum absolute atomic E-state index is 0.343. The molecule has 0 saturated carbocycles. The highest BCUT2D eigenvalue weighted by Crippen LogP contribution is 2.41. The minimum Gasteiger partial charge on any atom is -0.496 e. The van der Waals surface area contributed by atoms with Gasteiger partial charge in [0.05, 0.1) is 20.3 Å². The minimum atomic E-state index is -1.03. The first kappa shape index (κ1) is 22.7. The summed E-state index contributed by atoms with van der Waals surface area (Å²) in [5.41, 5.74) is 2.68. The summed E-state index contributed by atoms with van der Waals surface area (Å²) in [4.78, 5) is 27.0. The predicted molar refractivity (Wildman–Crippen MR) is 126 cm³/mol. The number of hydrogen-bond acceptors (Lipinski definition) is 4. The topological polar surface area (TPSA) is 76.1 Å². The molecule has 0 bridgehead atoms. The zero-order valence-corrected chi connectivity index (χ0v) is 19.1. The molecule has 0 unspecified atom stereocenters. The van der Waals surface area contributed by atoms with E-state index >= 15 is 0 Å². The first-order chi connectivity index (χ1) is 16.0. The van der Waals surface area contributed by atoms with E-state index in [1.807, 2.05) is 42.5 Å². The number of carbonyl (C=O) groups is 2. The van der Waals surface area contributed by atoms with E-state index in [2.05, 4.69) is 0 Å². The number of hydrogen-bond donors (Lipinski definition) is 1. The Morgan fingerprint density at radius 2 is 1.58 bits per heavy atom. The summed E-state index contributed by atoms with van der Waals surface area (Å²) >= 11 is 6.40. The number of ether oxygens (including phenoxy) is 2. The van der Waals surface area contributed by atoms with Crippen LogP contribution in [0.5, 0.6) is 11.5 Å². The Balaban J connectivity index is 1.75. The fraction of sp³-hybridized carbons (Fsp3) is 0.231. The maximum absolute atomic E-state index is 13.6. The van der Waals surface area contributed by atoms with Gasteiger partial charge in [0.1, 0.15) is 17.5 Å². The molecule has 1 aliphatic rings. The van der Waals surface area contributed by atoms with Crippen LogP contribution in [0.4, 0.5) is 0 Å². The molecule has 1 aliphatic heterocycles. The molecule has 7 heteroatoms. The van der Waals surface area contributed by atoms with E-state index in [9.17, 15) is 14.7 Å². The van der Waals surface area contributed by atoms with Crippen LogP contribution in [0, 0.1) is 0 Å². The molecule has 1 heterocycles. The molecular formula is C26H24ClNO5. The van der Waals surface area contributed by atoms with Gasteiger partial charge in [-0.3, -0.25) is 4.79 Å². The maximum atomic E-state index is 13.6. The summed E-state index contributed by atoms with van der Waals surface area (Å²) in [6, 6.07) is 18.5. The molecule has 1 saturated heterocycles. The van der Waals surface area contributed by atoms with Crippen LogP contribution in [0.25, 0.3) is 11.1 Å². The zero-order valence-electron chi connectivity index (χ0n) is 18.3. The second-order valence-corrected chi connectivity index (χ2v) is 8.20. The van der Waals surface area contributed by atoms with Gasteiger partial charge in [-0.15, -0.1) is 0 Å². The summed E-state index contributed by atoms with van der Waals surface area (Å²) in [6.07, 6.45) is 0.871. The lowest BCUT2D eigenvalue weighted by atomic mass is 10.00. The molecule has 33 heavy (non-hydrogen) atoms. The first-order valence-corrected chi connectivity index (χ1v) is 11.0. The van der Waals surface area contributed by atoms with Crippen LogP contribution in [-0.4, -0.2) is 42.1 Å². The SMILES string of the molecule is COc1ccccc1-c1ccc(C(=O)N2[C@@H](c3ccccc3Cl)CC[C@H]2C(=O)O)cc1OC. The van der Waals surface area contributed by atoms with Gasteiger partial charge in [0.25, 0.3) is 5.91 Å². The molecule has 3 aromatic carbocycles. The van der Waals surface area contributed by atoms with E-state index in [0.717, 1.165) is 16.7 Å². The largest absolute Gasteiger partial charge is 0.496 e. The second-order valence-electron chi connectivity index (χ2n) is 7.80. The molecular weight excluding hydrogens is 442 g/mol. The van der Waals surface area contributed by atoms with Crippen molar-refractivity contribution in [2.24, 2.45) is 0 Å². The van der Waals surface area contributed by atoms with Crippen LogP contribution >= 0.6 is 11.6 Å². The number of aliphatic carboxylic acids is 1. The third-order valence-corrected chi connectivity index (χ3v) is 6.36. The van der Waals surface area contributed by atoms with Crippen molar-refractivity contribution in [1.29, 1.82) is 0 Å². The highest BCUT2D eigenvalue weighted by Gasteiger charge is 2.42. The monoisotopic (exact) mass is 465 g/mol. The van der Waals surface area contributed by atoms with Gasteiger partial charge >= 0.3 is 5.97 Å². The number of methoxy groups -OCH3 is 2. The van der Waals surface area contributed by atoms with Crippen molar-refractivity contribution in [1.82, 2.24) is 4.90 Å². The van der Waals surface area contributed by atoms with Crippen molar-refractivity contribution in [3.63, 3.8) is 0 Å². The second kappa shape index (κ2) is 9.55. The quantitative estimate of drug-likeness (QED) is 0.523. The molecule has 3 aromatic rings. The van der Waals surface area contributed by atoms with Gasteiger partial charge in [0, 0.05) is 21.7 Å². The number of rotatable bonds is 6. The van der Waals surface area contributed by atoms with Gasteiger partial charge in [0.15, 0.2) is 0 Å².